The second-order valence-electron chi connectivity index (χ2n) is 6.51. The van der Waals surface area contributed by atoms with E-state index in [1.165, 1.54) is 24.3 Å². The molecule has 0 spiro atoms. The van der Waals surface area contributed by atoms with Gasteiger partial charge in [-0.3, -0.25) is 9.59 Å². The first-order chi connectivity index (χ1) is 12.7. The molecule has 8 heteroatoms. The van der Waals surface area contributed by atoms with E-state index in [1.54, 1.807) is 0 Å². The van der Waals surface area contributed by atoms with E-state index in [-0.39, 0.29) is 29.0 Å². The maximum Gasteiger partial charge on any atom is 0.247 e. The molecule has 1 atom stereocenters. The van der Waals surface area contributed by atoms with Crippen LogP contribution in [0.4, 0.5) is 5.69 Å². The Hall–Kier alpha value is -2.71. The third-order valence-corrected chi connectivity index (χ3v) is 4.85. The smallest absolute Gasteiger partial charge is 0.247 e. The Morgan fingerprint density at radius 1 is 1.00 bits per heavy atom. The SMILES string of the molecule is CC(C)[C@H](NC(=O)Cc1ccccc1)C(=O)Nc1ccc(S(N)(=O)=O)cc1. The first kappa shape index (κ1) is 20.6. The Bertz CT molecular complexity index is 894. The van der Waals surface area contributed by atoms with Crippen molar-refractivity contribution >= 4 is 27.5 Å². The number of sulfonamides is 1. The molecule has 7 nitrogen and oxygen atoms in total. The van der Waals surface area contributed by atoms with Crippen molar-refractivity contribution in [2.24, 2.45) is 11.1 Å². The Labute approximate surface area is 159 Å². The van der Waals surface area contributed by atoms with Crippen molar-refractivity contribution in [2.75, 3.05) is 5.32 Å². The molecule has 27 heavy (non-hydrogen) atoms. The van der Waals surface area contributed by atoms with Crippen molar-refractivity contribution < 1.29 is 18.0 Å². The monoisotopic (exact) mass is 389 g/mol. The molecule has 4 N–H and O–H groups in total. The van der Waals surface area contributed by atoms with Gasteiger partial charge in [-0.1, -0.05) is 44.2 Å². The van der Waals surface area contributed by atoms with Crippen molar-refractivity contribution in [2.45, 2.75) is 31.2 Å². The van der Waals surface area contributed by atoms with Gasteiger partial charge in [0.2, 0.25) is 21.8 Å². The fourth-order valence-corrected chi connectivity index (χ4v) is 3.00. The molecule has 2 aromatic carbocycles. The number of amides is 2. The molecule has 2 amide bonds. The number of nitrogens with two attached hydrogens (primary N) is 1. The van der Waals surface area contributed by atoms with Crippen molar-refractivity contribution in [3.8, 4) is 0 Å². The van der Waals surface area contributed by atoms with Gasteiger partial charge in [-0.15, -0.1) is 0 Å². The minimum Gasteiger partial charge on any atom is -0.344 e. The standard InChI is InChI=1S/C19H23N3O4S/c1-13(2)18(22-17(23)12-14-6-4-3-5-7-14)19(24)21-15-8-10-16(11-9-15)27(20,25)26/h3-11,13,18H,12H2,1-2H3,(H,21,24)(H,22,23)(H2,20,25,26)/t18-/m0/s1. The number of nitrogens with one attached hydrogen (secondary N) is 2. The predicted octanol–water partition coefficient (Wildman–Crippen LogP) is 1.66. The zero-order valence-corrected chi connectivity index (χ0v) is 16.0. The zero-order valence-electron chi connectivity index (χ0n) is 15.2. The quantitative estimate of drug-likeness (QED) is 0.667. The lowest BCUT2D eigenvalue weighted by Crippen LogP contribution is -2.47. The summed E-state index contributed by atoms with van der Waals surface area (Å²) in [6.45, 7) is 3.66. The Morgan fingerprint density at radius 2 is 1.59 bits per heavy atom. The van der Waals surface area contributed by atoms with Gasteiger partial charge in [-0.2, -0.15) is 0 Å². The largest absolute Gasteiger partial charge is 0.344 e. The number of rotatable bonds is 7. The molecule has 0 radical (unpaired) electrons. The molecule has 0 aromatic heterocycles. The highest BCUT2D eigenvalue weighted by molar-refractivity contribution is 7.89. The van der Waals surface area contributed by atoms with Gasteiger partial charge in [-0.25, -0.2) is 13.6 Å². The number of hydrogen-bond donors (Lipinski definition) is 3. The first-order valence-electron chi connectivity index (χ1n) is 8.44. The summed E-state index contributed by atoms with van der Waals surface area (Å²) in [6.07, 6.45) is 0.181. The summed E-state index contributed by atoms with van der Waals surface area (Å²) in [5, 5.41) is 10.5. The molecule has 2 rings (SSSR count). The summed E-state index contributed by atoms with van der Waals surface area (Å²) >= 11 is 0. The van der Waals surface area contributed by atoms with Gasteiger partial charge in [-0.05, 0) is 35.7 Å². The predicted molar refractivity (Wildman–Crippen MR) is 103 cm³/mol. The molecule has 0 aliphatic heterocycles. The minimum absolute atomic E-state index is 0.0444. The number of carbonyl (C=O) groups is 2. The van der Waals surface area contributed by atoms with Gasteiger partial charge in [0.1, 0.15) is 6.04 Å². The minimum atomic E-state index is -3.79. The van der Waals surface area contributed by atoms with Crippen LogP contribution in [0, 0.1) is 5.92 Å². The van der Waals surface area contributed by atoms with Crippen molar-refractivity contribution in [1.82, 2.24) is 5.32 Å². The summed E-state index contributed by atoms with van der Waals surface area (Å²) in [5.41, 5.74) is 1.27. The maximum atomic E-state index is 12.6. The molecular formula is C19H23N3O4S. The summed E-state index contributed by atoms with van der Waals surface area (Å²) in [5.74, 6) is -0.761. The van der Waals surface area contributed by atoms with Gasteiger partial charge < -0.3 is 10.6 Å². The van der Waals surface area contributed by atoms with E-state index in [1.807, 2.05) is 44.2 Å². The number of carbonyl (C=O) groups excluding carboxylic acids is 2. The third-order valence-electron chi connectivity index (χ3n) is 3.92. The Kier molecular flexibility index (Phi) is 6.70. The van der Waals surface area contributed by atoms with Crippen LogP contribution in [0.5, 0.6) is 0 Å². The Morgan fingerprint density at radius 3 is 2.11 bits per heavy atom. The molecular weight excluding hydrogens is 366 g/mol. The zero-order chi connectivity index (χ0) is 20.0. The molecule has 0 fully saturated rings. The van der Waals surface area contributed by atoms with Crippen LogP contribution in [-0.2, 0) is 26.0 Å². The highest BCUT2D eigenvalue weighted by atomic mass is 32.2. The fraction of sp³-hybridized carbons (Fsp3) is 0.263. The van der Waals surface area contributed by atoms with Crippen LogP contribution in [0.15, 0.2) is 59.5 Å². The van der Waals surface area contributed by atoms with Crippen molar-refractivity contribution in [3.63, 3.8) is 0 Å². The van der Waals surface area contributed by atoms with Gasteiger partial charge in [0.05, 0.1) is 11.3 Å². The second kappa shape index (κ2) is 8.79. The van der Waals surface area contributed by atoms with E-state index in [9.17, 15) is 18.0 Å². The lowest BCUT2D eigenvalue weighted by molar-refractivity contribution is -0.127. The first-order valence-corrected chi connectivity index (χ1v) is 9.98. The fourth-order valence-electron chi connectivity index (χ4n) is 2.49. The van der Waals surface area contributed by atoms with Crippen LogP contribution >= 0.6 is 0 Å². The lowest BCUT2D eigenvalue weighted by Gasteiger charge is -2.22. The molecule has 0 unspecified atom stereocenters. The van der Waals surface area contributed by atoms with Crippen LogP contribution in [0.1, 0.15) is 19.4 Å². The average Bonchev–Trinajstić information content (AvgIpc) is 2.60. The number of benzene rings is 2. The normalized spacial score (nSPS) is 12.4. The van der Waals surface area contributed by atoms with Gasteiger partial charge in [0.25, 0.3) is 0 Å². The molecule has 144 valence electrons. The molecule has 0 bridgehead atoms. The third kappa shape index (κ3) is 6.19. The number of hydrogen-bond acceptors (Lipinski definition) is 4. The van der Waals surface area contributed by atoms with E-state index in [2.05, 4.69) is 10.6 Å². The van der Waals surface area contributed by atoms with E-state index in [4.69, 9.17) is 5.14 Å². The summed E-state index contributed by atoms with van der Waals surface area (Å²) in [7, 11) is -3.79. The van der Waals surface area contributed by atoms with Crippen LogP contribution in [0.2, 0.25) is 0 Å². The average molecular weight is 389 g/mol. The molecule has 0 aliphatic rings. The van der Waals surface area contributed by atoms with Crippen LogP contribution in [0.3, 0.4) is 0 Å². The van der Waals surface area contributed by atoms with Crippen LogP contribution < -0.4 is 15.8 Å². The second-order valence-corrected chi connectivity index (χ2v) is 8.07. The maximum absolute atomic E-state index is 12.6. The number of anilines is 1. The molecule has 2 aromatic rings. The van der Waals surface area contributed by atoms with Gasteiger partial charge in [0.15, 0.2) is 0 Å². The summed E-state index contributed by atoms with van der Waals surface area (Å²) in [4.78, 5) is 24.8. The van der Waals surface area contributed by atoms with Crippen LogP contribution in [0.25, 0.3) is 0 Å². The number of primary sulfonamides is 1. The topological polar surface area (TPSA) is 118 Å². The van der Waals surface area contributed by atoms with E-state index in [0.29, 0.717) is 5.69 Å². The van der Waals surface area contributed by atoms with E-state index in [0.717, 1.165) is 5.56 Å². The molecule has 0 saturated heterocycles. The lowest BCUT2D eigenvalue weighted by atomic mass is 10.0. The molecule has 0 aliphatic carbocycles. The van der Waals surface area contributed by atoms with E-state index < -0.39 is 16.1 Å². The summed E-state index contributed by atoms with van der Waals surface area (Å²) < 4.78 is 22.6. The highest BCUT2D eigenvalue weighted by Crippen LogP contribution is 2.14. The highest BCUT2D eigenvalue weighted by Gasteiger charge is 2.24. The van der Waals surface area contributed by atoms with Gasteiger partial charge >= 0.3 is 0 Å². The molecule has 0 saturated carbocycles. The Balaban J connectivity index is 2.03. The van der Waals surface area contributed by atoms with Crippen molar-refractivity contribution in [3.05, 3.63) is 60.2 Å². The van der Waals surface area contributed by atoms with E-state index >= 15 is 0 Å². The van der Waals surface area contributed by atoms with Crippen LogP contribution in [-0.4, -0.2) is 26.3 Å². The van der Waals surface area contributed by atoms with Gasteiger partial charge in [0, 0.05) is 5.69 Å². The molecule has 0 heterocycles. The van der Waals surface area contributed by atoms with Crippen molar-refractivity contribution in [1.29, 1.82) is 0 Å². The summed E-state index contributed by atoms with van der Waals surface area (Å²) in [6, 6.07) is 14.0.